The SMILES string of the molecule is Cc1nc(C2CCCN(CC3(C(=O)O)CC3)C2)sc1C. The fourth-order valence-corrected chi connectivity index (χ4v) is 4.14. The fourth-order valence-electron chi connectivity index (χ4n) is 3.09. The third-order valence-corrected chi connectivity index (χ3v) is 5.97. The van der Waals surface area contributed by atoms with Gasteiger partial charge < -0.3 is 10.0 Å². The number of carboxylic acids is 1. The Morgan fingerprint density at radius 1 is 1.50 bits per heavy atom. The molecular formula is C15H22N2O2S. The number of carboxylic acid groups (broad SMARTS) is 1. The fraction of sp³-hybridized carbons (Fsp3) is 0.733. The summed E-state index contributed by atoms with van der Waals surface area (Å²) >= 11 is 1.81. The first-order valence-electron chi connectivity index (χ1n) is 7.40. The van der Waals surface area contributed by atoms with Crippen LogP contribution in [0.15, 0.2) is 0 Å². The van der Waals surface area contributed by atoms with Crippen LogP contribution in [0.25, 0.3) is 0 Å². The van der Waals surface area contributed by atoms with Gasteiger partial charge in [0.1, 0.15) is 0 Å². The molecular weight excluding hydrogens is 272 g/mol. The summed E-state index contributed by atoms with van der Waals surface area (Å²) in [6.45, 7) is 6.93. The van der Waals surface area contributed by atoms with E-state index in [0.29, 0.717) is 5.92 Å². The molecule has 1 saturated carbocycles. The van der Waals surface area contributed by atoms with Gasteiger partial charge in [0.15, 0.2) is 0 Å². The lowest BCUT2D eigenvalue weighted by Crippen LogP contribution is -2.40. The standard InChI is InChI=1S/C15H22N2O2S/c1-10-11(2)20-13(16-10)12-4-3-7-17(8-12)9-15(5-6-15)14(18)19/h12H,3-9H2,1-2H3,(H,18,19). The Hall–Kier alpha value is -0.940. The lowest BCUT2D eigenvalue weighted by Gasteiger charge is -2.33. The van der Waals surface area contributed by atoms with Gasteiger partial charge in [0.2, 0.25) is 0 Å². The Bertz CT molecular complexity index is 502. The predicted molar refractivity (Wildman–Crippen MR) is 79.3 cm³/mol. The minimum atomic E-state index is -0.611. The third-order valence-electron chi connectivity index (χ3n) is 4.73. The van der Waals surface area contributed by atoms with Crippen molar-refractivity contribution in [3.05, 3.63) is 15.6 Å². The zero-order valence-corrected chi connectivity index (χ0v) is 13.0. The minimum Gasteiger partial charge on any atom is -0.481 e. The molecule has 1 N–H and O–H groups in total. The second kappa shape index (κ2) is 5.11. The van der Waals surface area contributed by atoms with Crippen molar-refractivity contribution in [1.29, 1.82) is 0 Å². The summed E-state index contributed by atoms with van der Waals surface area (Å²) in [4.78, 5) is 19.7. The van der Waals surface area contributed by atoms with Crippen molar-refractivity contribution in [1.82, 2.24) is 9.88 Å². The van der Waals surface area contributed by atoms with Gasteiger partial charge in [-0.05, 0) is 46.1 Å². The average Bonchev–Trinajstić information content (AvgIpc) is 3.11. The highest BCUT2D eigenvalue weighted by molar-refractivity contribution is 7.11. The summed E-state index contributed by atoms with van der Waals surface area (Å²) < 4.78 is 0. The van der Waals surface area contributed by atoms with Gasteiger partial charge in [-0.3, -0.25) is 4.79 Å². The van der Waals surface area contributed by atoms with E-state index in [0.717, 1.165) is 44.6 Å². The van der Waals surface area contributed by atoms with Gasteiger partial charge in [0, 0.05) is 23.9 Å². The normalized spacial score (nSPS) is 25.6. The number of likely N-dealkylation sites (tertiary alicyclic amines) is 1. The maximum absolute atomic E-state index is 11.3. The highest BCUT2D eigenvalue weighted by Crippen LogP contribution is 2.47. The van der Waals surface area contributed by atoms with Gasteiger partial charge in [-0.2, -0.15) is 0 Å². The summed E-state index contributed by atoms with van der Waals surface area (Å²) in [5, 5.41) is 10.6. The zero-order valence-electron chi connectivity index (χ0n) is 12.2. The highest BCUT2D eigenvalue weighted by atomic mass is 32.1. The minimum absolute atomic E-state index is 0.434. The molecule has 2 heterocycles. The Kier molecular flexibility index (Phi) is 3.58. The summed E-state index contributed by atoms with van der Waals surface area (Å²) in [6, 6.07) is 0. The molecule has 0 aromatic carbocycles. The van der Waals surface area contributed by atoms with Crippen molar-refractivity contribution < 1.29 is 9.90 Å². The number of piperidine rings is 1. The van der Waals surface area contributed by atoms with E-state index in [9.17, 15) is 9.90 Å². The number of hydrogen-bond donors (Lipinski definition) is 1. The summed E-state index contributed by atoms with van der Waals surface area (Å²) in [6.07, 6.45) is 4.03. The number of rotatable bonds is 4. The van der Waals surface area contributed by atoms with Crippen LogP contribution >= 0.6 is 11.3 Å². The molecule has 20 heavy (non-hydrogen) atoms. The Morgan fingerprint density at radius 2 is 2.25 bits per heavy atom. The molecule has 0 bridgehead atoms. The largest absolute Gasteiger partial charge is 0.481 e. The molecule has 1 aliphatic carbocycles. The van der Waals surface area contributed by atoms with Crippen LogP contribution in [-0.4, -0.2) is 40.6 Å². The van der Waals surface area contributed by atoms with E-state index in [-0.39, 0.29) is 0 Å². The average molecular weight is 294 g/mol. The number of nitrogens with zero attached hydrogens (tertiary/aromatic N) is 2. The Morgan fingerprint density at radius 3 is 2.80 bits per heavy atom. The van der Waals surface area contributed by atoms with Crippen LogP contribution in [0.3, 0.4) is 0 Å². The molecule has 1 saturated heterocycles. The smallest absolute Gasteiger partial charge is 0.310 e. The van der Waals surface area contributed by atoms with Crippen LogP contribution in [-0.2, 0) is 4.79 Å². The van der Waals surface area contributed by atoms with Crippen LogP contribution in [0, 0.1) is 19.3 Å². The molecule has 5 heteroatoms. The molecule has 1 aliphatic heterocycles. The molecule has 2 aliphatic rings. The molecule has 110 valence electrons. The third kappa shape index (κ3) is 2.61. The first-order valence-corrected chi connectivity index (χ1v) is 8.21. The number of aromatic nitrogens is 1. The lowest BCUT2D eigenvalue weighted by molar-refractivity contribution is -0.144. The summed E-state index contributed by atoms with van der Waals surface area (Å²) in [7, 11) is 0. The number of aryl methyl sites for hydroxylation is 2. The van der Waals surface area contributed by atoms with Crippen molar-refractivity contribution in [3.8, 4) is 0 Å². The monoisotopic (exact) mass is 294 g/mol. The Balaban J connectivity index is 1.66. The second-order valence-electron chi connectivity index (χ2n) is 6.35. The highest BCUT2D eigenvalue weighted by Gasteiger charge is 2.51. The van der Waals surface area contributed by atoms with E-state index in [1.165, 1.54) is 16.3 Å². The van der Waals surface area contributed by atoms with Gasteiger partial charge >= 0.3 is 5.97 Å². The van der Waals surface area contributed by atoms with Gasteiger partial charge in [-0.25, -0.2) is 4.98 Å². The van der Waals surface area contributed by atoms with Crippen LogP contribution < -0.4 is 0 Å². The number of hydrogen-bond acceptors (Lipinski definition) is 4. The molecule has 1 aromatic rings. The van der Waals surface area contributed by atoms with Crippen LogP contribution in [0.5, 0.6) is 0 Å². The van der Waals surface area contributed by atoms with E-state index in [2.05, 4.69) is 18.7 Å². The van der Waals surface area contributed by atoms with E-state index >= 15 is 0 Å². The van der Waals surface area contributed by atoms with E-state index in [1.54, 1.807) is 0 Å². The van der Waals surface area contributed by atoms with Crippen molar-refractivity contribution in [2.45, 2.75) is 45.4 Å². The van der Waals surface area contributed by atoms with Gasteiger partial charge in [0.05, 0.1) is 16.1 Å². The lowest BCUT2D eigenvalue weighted by atomic mass is 9.96. The summed E-state index contributed by atoms with van der Waals surface area (Å²) in [5.41, 5.74) is 0.711. The van der Waals surface area contributed by atoms with E-state index in [4.69, 9.17) is 4.98 Å². The quantitative estimate of drug-likeness (QED) is 0.928. The van der Waals surface area contributed by atoms with Crippen LogP contribution in [0.1, 0.15) is 47.2 Å². The number of aliphatic carboxylic acids is 1. The van der Waals surface area contributed by atoms with Crippen molar-refractivity contribution in [2.24, 2.45) is 5.41 Å². The number of carbonyl (C=O) groups is 1. The number of thiazole rings is 1. The van der Waals surface area contributed by atoms with E-state index < -0.39 is 11.4 Å². The van der Waals surface area contributed by atoms with Gasteiger partial charge in [0.25, 0.3) is 0 Å². The topological polar surface area (TPSA) is 53.4 Å². The maximum Gasteiger partial charge on any atom is 0.310 e. The van der Waals surface area contributed by atoms with Crippen LogP contribution in [0.2, 0.25) is 0 Å². The van der Waals surface area contributed by atoms with E-state index in [1.807, 2.05) is 11.3 Å². The van der Waals surface area contributed by atoms with Gasteiger partial charge in [-0.1, -0.05) is 0 Å². The second-order valence-corrected chi connectivity index (χ2v) is 7.59. The Labute approximate surface area is 123 Å². The van der Waals surface area contributed by atoms with Gasteiger partial charge in [-0.15, -0.1) is 11.3 Å². The molecule has 1 aromatic heterocycles. The van der Waals surface area contributed by atoms with Crippen molar-refractivity contribution in [2.75, 3.05) is 19.6 Å². The molecule has 4 nitrogen and oxygen atoms in total. The molecule has 0 spiro atoms. The first-order chi connectivity index (χ1) is 9.50. The molecule has 0 radical (unpaired) electrons. The molecule has 1 unspecified atom stereocenters. The molecule has 0 amide bonds. The van der Waals surface area contributed by atoms with Crippen LogP contribution in [0.4, 0.5) is 0 Å². The zero-order chi connectivity index (χ0) is 14.3. The molecule has 2 fully saturated rings. The molecule has 1 atom stereocenters. The van der Waals surface area contributed by atoms with Crippen molar-refractivity contribution in [3.63, 3.8) is 0 Å². The summed E-state index contributed by atoms with van der Waals surface area (Å²) in [5.74, 6) is -0.119. The predicted octanol–water partition coefficient (Wildman–Crippen LogP) is 2.80. The molecule has 3 rings (SSSR count). The van der Waals surface area contributed by atoms with Crippen molar-refractivity contribution >= 4 is 17.3 Å². The first kappa shape index (κ1) is 14.0. The maximum atomic E-state index is 11.3.